The van der Waals surface area contributed by atoms with Crippen LogP contribution in [0.4, 0.5) is 11.4 Å². The summed E-state index contributed by atoms with van der Waals surface area (Å²) in [6.45, 7) is 2.10. The quantitative estimate of drug-likeness (QED) is 0.633. The maximum absolute atomic E-state index is 11.2. The van der Waals surface area contributed by atoms with Gasteiger partial charge in [-0.15, -0.1) is 0 Å². The molecule has 3 aliphatic rings. The molecule has 2 bridgehead atoms. The summed E-state index contributed by atoms with van der Waals surface area (Å²) in [6.07, 6.45) is 4.75. The minimum absolute atomic E-state index is 0.231. The molecule has 0 spiro atoms. The normalized spacial score (nSPS) is 28.9. The Morgan fingerprint density at radius 1 is 1.14 bits per heavy atom. The second-order valence-electron chi connectivity index (χ2n) is 6.73. The molecule has 0 amide bonds. The first-order chi connectivity index (χ1) is 10.1. The van der Waals surface area contributed by atoms with Gasteiger partial charge in [-0.3, -0.25) is 15.0 Å². The van der Waals surface area contributed by atoms with Gasteiger partial charge in [0.2, 0.25) is 0 Å². The summed E-state index contributed by atoms with van der Waals surface area (Å²) in [6, 6.07) is 7.02. The van der Waals surface area contributed by atoms with Crippen LogP contribution in [-0.2, 0) is 0 Å². The summed E-state index contributed by atoms with van der Waals surface area (Å²) >= 11 is 0. The second-order valence-corrected chi connectivity index (χ2v) is 6.73. The summed E-state index contributed by atoms with van der Waals surface area (Å²) in [5, 5.41) is 11.2. The van der Waals surface area contributed by atoms with Crippen LogP contribution in [0.1, 0.15) is 37.2 Å². The molecule has 1 aliphatic carbocycles. The van der Waals surface area contributed by atoms with Crippen molar-refractivity contribution in [2.75, 3.05) is 25.0 Å². The van der Waals surface area contributed by atoms with Crippen molar-refractivity contribution in [2.24, 2.45) is 0 Å². The van der Waals surface area contributed by atoms with Crippen LogP contribution in [0.15, 0.2) is 18.2 Å². The molecule has 4 rings (SSSR count). The summed E-state index contributed by atoms with van der Waals surface area (Å²) < 4.78 is 0. The number of hydrogen-bond acceptors (Lipinski definition) is 4. The van der Waals surface area contributed by atoms with Crippen molar-refractivity contribution in [1.82, 2.24) is 4.90 Å². The Kier molecular flexibility index (Phi) is 2.92. The molecule has 2 unspecified atom stereocenters. The number of fused-ring (bicyclic) bond motifs is 2. The fraction of sp³-hybridized carbons (Fsp3) is 0.625. The Labute approximate surface area is 124 Å². The number of nitrogens with zero attached hydrogens (tertiary/aromatic N) is 3. The highest BCUT2D eigenvalue weighted by Crippen LogP contribution is 2.45. The molecule has 1 aromatic carbocycles. The van der Waals surface area contributed by atoms with E-state index in [0.717, 1.165) is 31.5 Å². The minimum Gasteiger partial charge on any atom is -0.368 e. The number of anilines is 1. The average molecular weight is 287 g/mol. The molecule has 5 heteroatoms. The molecular formula is C16H21N3O2. The third-order valence-corrected chi connectivity index (χ3v) is 5.44. The van der Waals surface area contributed by atoms with Crippen LogP contribution in [0, 0.1) is 10.1 Å². The van der Waals surface area contributed by atoms with Gasteiger partial charge in [0, 0.05) is 42.5 Å². The number of nitro benzene ring substituents is 1. The lowest BCUT2D eigenvalue weighted by Crippen LogP contribution is -2.52. The highest BCUT2D eigenvalue weighted by atomic mass is 16.6. The Bertz CT molecular complexity index is 571. The van der Waals surface area contributed by atoms with Crippen molar-refractivity contribution in [1.29, 1.82) is 0 Å². The molecule has 2 heterocycles. The molecule has 1 saturated carbocycles. The highest BCUT2D eigenvalue weighted by Gasteiger charge is 2.38. The monoisotopic (exact) mass is 287 g/mol. The average Bonchev–Trinajstić information content (AvgIpc) is 3.29. The summed E-state index contributed by atoms with van der Waals surface area (Å²) in [5.41, 5.74) is 2.43. The van der Waals surface area contributed by atoms with E-state index >= 15 is 0 Å². The molecule has 3 fully saturated rings. The third-order valence-electron chi connectivity index (χ3n) is 5.44. The Hall–Kier alpha value is -1.62. The highest BCUT2D eigenvalue weighted by molar-refractivity contribution is 5.58. The first-order valence-electron chi connectivity index (χ1n) is 7.88. The Balaban J connectivity index is 1.64. The van der Waals surface area contributed by atoms with E-state index in [9.17, 15) is 10.1 Å². The molecule has 2 aliphatic heterocycles. The van der Waals surface area contributed by atoms with Crippen molar-refractivity contribution in [2.45, 2.75) is 43.7 Å². The van der Waals surface area contributed by atoms with Crippen LogP contribution in [0.5, 0.6) is 0 Å². The smallest absolute Gasteiger partial charge is 0.273 e. The van der Waals surface area contributed by atoms with Crippen molar-refractivity contribution in [3.8, 4) is 0 Å². The van der Waals surface area contributed by atoms with Crippen molar-refractivity contribution in [3.05, 3.63) is 33.9 Å². The van der Waals surface area contributed by atoms with Gasteiger partial charge in [-0.25, -0.2) is 0 Å². The zero-order valence-electron chi connectivity index (χ0n) is 12.4. The van der Waals surface area contributed by atoms with Crippen LogP contribution >= 0.6 is 0 Å². The molecular weight excluding hydrogens is 266 g/mol. The second kappa shape index (κ2) is 4.70. The largest absolute Gasteiger partial charge is 0.368 e. The fourth-order valence-electron chi connectivity index (χ4n) is 3.95. The van der Waals surface area contributed by atoms with Crippen molar-refractivity contribution in [3.63, 3.8) is 0 Å². The minimum atomic E-state index is -0.231. The summed E-state index contributed by atoms with van der Waals surface area (Å²) in [7, 11) is 2.23. The third kappa shape index (κ3) is 2.20. The van der Waals surface area contributed by atoms with E-state index in [0.29, 0.717) is 23.7 Å². The zero-order valence-corrected chi connectivity index (χ0v) is 12.4. The van der Waals surface area contributed by atoms with Crippen LogP contribution in [0.25, 0.3) is 0 Å². The molecule has 112 valence electrons. The SMILES string of the molecule is CN1C2CCC1CN(c1ccc([N+](=O)[O-])c(C3CC3)c1)C2. The van der Waals surface area contributed by atoms with Gasteiger partial charge in [0.15, 0.2) is 0 Å². The number of piperazine rings is 1. The maximum Gasteiger partial charge on any atom is 0.273 e. The molecule has 1 aromatic rings. The maximum atomic E-state index is 11.2. The summed E-state index contributed by atoms with van der Waals surface area (Å²) in [4.78, 5) is 15.9. The number of benzene rings is 1. The van der Waals surface area contributed by atoms with Gasteiger partial charge < -0.3 is 4.90 Å². The topological polar surface area (TPSA) is 49.6 Å². The Morgan fingerprint density at radius 3 is 2.38 bits per heavy atom. The van der Waals surface area contributed by atoms with E-state index in [4.69, 9.17) is 0 Å². The van der Waals surface area contributed by atoms with E-state index < -0.39 is 0 Å². The van der Waals surface area contributed by atoms with Crippen molar-refractivity contribution < 1.29 is 4.92 Å². The van der Waals surface area contributed by atoms with Crippen molar-refractivity contribution >= 4 is 11.4 Å². The lowest BCUT2D eigenvalue weighted by Gasteiger charge is -2.40. The van der Waals surface area contributed by atoms with E-state index in [1.807, 2.05) is 6.07 Å². The molecule has 0 radical (unpaired) electrons. The van der Waals surface area contributed by atoms with Crippen LogP contribution in [0.2, 0.25) is 0 Å². The molecule has 2 saturated heterocycles. The van der Waals surface area contributed by atoms with Gasteiger partial charge >= 0.3 is 0 Å². The lowest BCUT2D eigenvalue weighted by molar-refractivity contribution is -0.385. The van der Waals surface area contributed by atoms with Crippen LogP contribution in [-0.4, -0.2) is 42.0 Å². The Morgan fingerprint density at radius 2 is 1.81 bits per heavy atom. The zero-order chi connectivity index (χ0) is 14.6. The van der Waals surface area contributed by atoms with Gasteiger partial charge in [-0.1, -0.05) is 0 Å². The molecule has 5 nitrogen and oxygen atoms in total. The lowest BCUT2D eigenvalue weighted by atomic mass is 10.1. The standard InChI is InChI=1S/C16H21N3O2/c1-17-13-4-5-14(17)10-18(9-13)12-6-7-16(19(20)21)15(8-12)11-2-3-11/h6-8,11,13-14H,2-5,9-10H2,1H3. The molecule has 21 heavy (non-hydrogen) atoms. The van der Waals surface area contributed by atoms with E-state index in [1.165, 1.54) is 18.5 Å². The fourth-order valence-corrected chi connectivity index (χ4v) is 3.95. The van der Waals surface area contributed by atoms with Gasteiger partial charge in [0.25, 0.3) is 5.69 Å². The number of nitro groups is 1. The number of hydrogen-bond donors (Lipinski definition) is 0. The van der Waals surface area contributed by atoms with Crippen LogP contribution < -0.4 is 4.90 Å². The first kappa shape index (κ1) is 13.1. The van der Waals surface area contributed by atoms with Gasteiger partial charge in [-0.05, 0) is 50.8 Å². The van der Waals surface area contributed by atoms with E-state index in [1.54, 1.807) is 6.07 Å². The van der Waals surface area contributed by atoms with E-state index in [-0.39, 0.29) is 4.92 Å². The first-order valence-corrected chi connectivity index (χ1v) is 7.88. The van der Waals surface area contributed by atoms with E-state index in [2.05, 4.69) is 22.9 Å². The number of rotatable bonds is 3. The van der Waals surface area contributed by atoms with Gasteiger partial charge in [-0.2, -0.15) is 0 Å². The van der Waals surface area contributed by atoms with Gasteiger partial charge in [0.05, 0.1) is 4.92 Å². The van der Waals surface area contributed by atoms with Crippen LogP contribution in [0.3, 0.4) is 0 Å². The predicted octanol–water partition coefficient (Wildman–Crippen LogP) is 2.76. The summed E-state index contributed by atoms with van der Waals surface area (Å²) in [5.74, 6) is 0.412. The number of likely N-dealkylation sites (N-methyl/N-ethyl adjacent to an activating group) is 1. The molecule has 0 aromatic heterocycles. The predicted molar refractivity (Wildman–Crippen MR) is 81.9 cm³/mol. The van der Waals surface area contributed by atoms with Gasteiger partial charge in [0.1, 0.15) is 0 Å². The molecule has 2 atom stereocenters. The molecule has 0 N–H and O–H groups in total.